The number of morpholine rings is 2. The Morgan fingerprint density at radius 3 is 1.68 bits per heavy atom. The maximum Gasteiger partial charge on any atom is 0.306 e. The summed E-state index contributed by atoms with van der Waals surface area (Å²) in [6.45, 7) is 19.5. The third-order valence-electron chi connectivity index (χ3n) is 7.17. The molecule has 9 heteroatoms. The van der Waals surface area contributed by atoms with E-state index in [4.69, 9.17) is 14.2 Å². The van der Waals surface area contributed by atoms with Crippen LogP contribution >= 0.6 is 15.9 Å². The lowest BCUT2D eigenvalue weighted by atomic mass is 9.95. The lowest BCUT2D eigenvalue weighted by Gasteiger charge is -2.31. The number of nitrogens with zero attached hydrogens (tertiary/aromatic N) is 1. The van der Waals surface area contributed by atoms with Crippen molar-refractivity contribution in [3.63, 3.8) is 0 Å². The molecule has 2 fully saturated rings. The Bertz CT molecular complexity index is 1080. The van der Waals surface area contributed by atoms with E-state index in [2.05, 4.69) is 69.0 Å². The fourth-order valence-electron chi connectivity index (χ4n) is 4.41. The Balaban J connectivity index is 0.000000677. The molecule has 1 N–H and O–H groups in total. The van der Waals surface area contributed by atoms with E-state index in [9.17, 15) is 9.59 Å². The molecule has 0 aliphatic carbocycles. The largest absolute Gasteiger partial charge is 0.469 e. The van der Waals surface area contributed by atoms with Gasteiger partial charge in [-0.2, -0.15) is 0 Å². The number of carbonyl (C=O) groups excluding carboxylic acids is 2. The fourth-order valence-corrected chi connectivity index (χ4v) is 4.81. The Labute approximate surface area is 275 Å². The van der Waals surface area contributed by atoms with Crippen LogP contribution in [0.2, 0.25) is 0 Å². The van der Waals surface area contributed by atoms with Gasteiger partial charge in [0.1, 0.15) is 0 Å². The average molecular weight is 682 g/mol. The van der Waals surface area contributed by atoms with Crippen LogP contribution in [0.1, 0.15) is 82.1 Å². The first-order valence-electron chi connectivity index (χ1n) is 15.3. The summed E-state index contributed by atoms with van der Waals surface area (Å²) in [5.74, 6) is 0.0300. The smallest absolute Gasteiger partial charge is 0.306 e. The van der Waals surface area contributed by atoms with Gasteiger partial charge in [0.15, 0.2) is 0 Å². The quantitative estimate of drug-likeness (QED) is 0.308. The number of ether oxygens (including phenoxy) is 4. The molecule has 0 saturated carbocycles. The third kappa shape index (κ3) is 15.5. The molecule has 2 atom stereocenters. The van der Waals surface area contributed by atoms with Crippen LogP contribution in [0.5, 0.6) is 0 Å². The van der Waals surface area contributed by atoms with E-state index in [0.717, 1.165) is 62.6 Å². The highest BCUT2D eigenvalue weighted by molar-refractivity contribution is 9.10. The number of nitrogens with one attached hydrogen (secondary N) is 1. The van der Waals surface area contributed by atoms with Gasteiger partial charge in [0.25, 0.3) is 0 Å². The van der Waals surface area contributed by atoms with Gasteiger partial charge >= 0.3 is 11.9 Å². The van der Waals surface area contributed by atoms with Gasteiger partial charge in [0, 0.05) is 36.3 Å². The molecular formula is C35H57BrN2O6. The maximum absolute atomic E-state index is 11.4. The minimum atomic E-state index is -0.167. The second-order valence-electron chi connectivity index (χ2n) is 10.4. The van der Waals surface area contributed by atoms with E-state index in [1.807, 2.05) is 39.8 Å². The topological polar surface area (TPSA) is 86.3 Å². The van der Waals surface area contributed by atoms with E-state index in [1.165, 1.54) is 36.6 Å². The summed E-state index contributed by atoms with van der Waals surface area (Å²) >= 11 is 3.48. The van der Waals surface area contributed by atoms with Crippen LogP contribution in [0.25, 0.3) is 0 Å². The van der Waals surface area contributed by atoms with Crippen molar-refractivity contribution in [2.45, 2.75) is 73.6 Å². The van der Waals surface area contributed by atoms with Crippen molar-refractivity contribution in [2.75, 3.05) is 71.7 Å². The van der Waals surface area contributed by atoms with Crippen molar-refractivity contribution in [1.29, 1.82) is 0 Å². The predicted molar refractivity (Wildman–Crippen MR) is 185 cm³/mol. The number of benzene rings is 2. The van der Waals surface area contributed by atoms with Crippen LogP contribution in [0, 0.1) is 13.8 Å². The van der Waals surface area contributed by atoms with Gasteiger partial charge in [-0.15, -0.1) is 0 Å². The third-order valence-corrected chi connectivity index (χ3v) is 8.02. The number of carbonyl (C=O) groups is 2. The normalized spacial score (nSPS) is 15.2. The first-order valence-corrected chi connectivity index (χ1v) is 16.1. The van der Waals surface area contributed by atoms with Gasteiger partial charge in [0.2, 0.25) is 0 Å². The van der Waals surface area contributed by atoms with Crippen LogP contribution in [0.15, 0.2) is 40.9 Å². The molecule has 250 valence electrons. The fraction of sp³-hybridized carbons (Fsp3) is 0.600. The maximum atomic E-state index is 11.4. The SMILES string of the molecule is C.C1COCCN1.CC.COC(=O)CC(C)c1ccc(C)c(Br)c1.COC(=O)CC(C)c1ccc(C)c(N2CCOCC2)c1. The van der Waals surface area contributed by atoms with E-state index >= 15 is 0 Å². The zero-order valence-corrected chi connectivity index (χ0v) is 29.1. The summed E-state index contributed by atoms with van der Waals surface area (Å²) in [5.41, 5.74) is 6.05. The summed E-state index contributed by atoms with van der Waals surface area (Å²) in [4.78, 5) is 24.9. The molecule has 2 aliphatic rings. The van der Waals surface area contributed by atoms with Crippen LogP contribution in [-0.4, -0.2) is 78.8 Å². The van der Waals surface area contributed by atoms with E-state index < -0.39 is 0 Å². The number of rotatable bonds is 7. The Morgan fingerprint density at radius 1 is 0.818 bits per heavy atom. The number of methoxy groups -OCH3 is 2. The van der Waals surface area contributed by atoms with Crippen LogP contribution in [0.3, 0.4) is 0 Å². The highest BCUT2D eigenvalue weighted by Gasteiger charge is 2.17. The minimum Gasteiger partial charge on any atom is -0.469 e. The molecule has 0 bridgehead atoms. The second kappa shape index (κ2) is 23.9. The number of aryl methyl sites for hydroxylation is 2. The van der Waals surface area contributed by atoms with Crippen molar-refractivity contribution in [2.24, 2.45) is 0 Å². The molecule has 8 nitrogen and oxygen atoms in total. The van der Waals surface area contributed by atoms with Gasteiger partial charge < -0.3 is 29.2 Å². The van der Waals surface area contributed by atoms with Crippen molar-refractivity contribution in [3.8, 4) is 0 Å². The summed E-state index contributed by atoms with van der Waals surface area (Å²) in [7, 11) is 2.85. The van der Waals surface area contributed by atoms with Gasteiger partial charge in [-0.3, -0.25) is 9.59 Å². The zero-order chi connectivity index (χ0) is 32.2. The summed E-state index contributed by atoms with van der Waals surface area (Å²) in [5, 5.41) is 3.16. The van der Waals surface area contributed by atoms with Crippen molar-refractivity contribution < 1.29 is 28.5 Å². The van der Waals surface area contributed by atoms with E-state index in [1.54, 1.807) is 0 Å². The molecule has 44 heavy (non-hydrogen) atoms. The van der Waals surface area contributed by atoms with Crippen LogP contribution < -0.4 is 10.2 Å². The minimum absolute atomic E-state index is 0. The summed E-state index contributed by atoms with van der Waals surface area (Å²) in [6, 6.07) is 12.6. The lowest BCUT2D eigenvalue weighted by molar-refractivity contribution is -0.141. The molecule has 2 aliphatic heterocycles. The Hall–Kier alpha value is -2.46. The lowest BCUT2D eigenvalue weighted by Crippen LogP contribution is -2.36. The van der Waals surface area contributed by atoms with Crippen molar-refractivity contribution in [1.82, 2.24) is 5.32 Å². The number of esters is 2. The van der Waals surface area contributed by atoms with Crippen molar-refractivity contribution in [3.05, 3.63) is 63.1 Å². The first kappa shape index (κ1) is 41.5. The molecule has 0 amide bonds. The standard InChI is InChI=1S/C16H23NO3.C12H15BrO2.C4H9NO.C2H6.CH4/c1-12-4-5-14(13(2)10-16(18)19-3)11-15(12)17-6-8-20-9-7-17;1-8-4-5-10(7-11(8)13)9(2)6-12(14)15-3;1-3-6-4-2-5-1;1-2;/h4-5,11,13H,6-10H2,1-3H3;4-5,7,9H,6H2,1-3H3;5H,1-4H2;1-2H3;1H4. The number of anilines is 1. The van der Waals surface area contributed by atoms with Gasteiger partial charge in [-0.1, -0.05) is 75.3 Å². The molecule has 2 aromatic carbocycles. The molecule has 2 unspecified atom stereocenters. The highest BCUT2D eigenvalue weighted by atomic mass is 79.9. The number of halogens is 1. The second-order valence-corrected chi connectivity index (χ2v) is 11.2. The van der Waals surface area contributed by atoms with Crippen LogP contribution in [-0.2, 0) is 28.5 Å². The molecule has 0 spiro atoms. The highest BCUT2D eigenvalue weighted by Crippen LogP contribution is 2.28. The van der Waals surface area contributed by atoms with Crippen LogP contribution in [0.4, 0.5) is 5.69 Å². The van der Waals surface area contributed by atoms with Gasteiger partial charge in [0.05, 0.1) is 53.5 Å². The molecule has 2 saturated heterocycles. The Morgan fingerprint density at radius 2 is 1.27 bits per heavy atom. The monoisotopic (exact) mass is 680 g/mol. The van der Waals surface area contributed by atoms with Gasteiger partial charge in [-0.25, -0.2) is 0 Å². The molecule has 2 aromatic rings. The first-order chi connectivity index (χ1) is 20.7. The number of hydrogen-bond donors (Lipinski definition) is 1. The Kier molecular flexibility index (Phi) is 22.5. The average Bonchev–Trinajstić information content (AvgIpc) is 3.05. The number of hydrogen-bond acceptors (Lipinski definition) is 8. The van der Waals surface area contributed by atoms with E-state index in [0.29, 0.717) is 12.8 Å². The molecular weight excluding hydrogens is 624 g/mol. The predicted octanol–water partition coefficient (Wildman–Crippen LogP) is 7.19. The molecule has 4 rings (SSSR count). The molecule has 0 aromatic heterocycles. The van der Waals surface area contributed by atoms with Crippen molar-refractivity contribution >= 4 is 33.6 Å². The zero-order valence-electron chi connectivity index (χ0n) is 27.5. The summed E-state index contributed by atoms with van der Waals surface area (Å²) in [6.07, 6.45) is 0.841. The van der Waals surface area contributed by atoms with E-state index in [-0.39, 0.29) is 31.2 Å². The molecule has 0 radical (unpaired) electrons. The van der Waals surface area contributed by atoms with Gasteiger partial charge in [-0.05, 0) is 60.1 Å². The summed E-state index contributed by atoms with van der Waals surface area (Å²) < 4.78 is 20.9. The molecule has 2 heterocycles.